The maximum atomic E-state index is 12.5. The molecule has 0 aliphatic rings. The van der Waals surface area contributed by atoms with Gasteiger partial charge in [-0.25, -0.2) is 0 Å². The molecule has 0 saturated heterocycles. The molecule has 0 bridgehead atoms. The predicted octanol–water partition coefficient (Wildman–Crippen LogP) is 21.5. The number of nitrogens with one attached hydrogen (secondary N) is 1. The average Bonchev–Trinajstić information content (AvgIpc) is 3.39. The normalized spacial score (nSPS) is 13.3. The lowest BCUT2D eigenvalue weighted by atomic mass is 10.0. The fraction of sp³-hybridized carbons (Fsp3) is 0.779. The number of aliphatic hydroxyl groups is 2. The largest absolute Gasteiger partial charge is 0.394 e. The van der Waals surface area contributed by atoms with Gasteiger partial charge in [0.25, 0.3) is 0 Å². The van der Waals surface area contributed by atoms with Gasteiger partial charge in [-0.3, -0.25) is 4.79 Å². The molecule has 0 aromatic rings. The van der Waals surface area contributed by atoms with Crippen molar-refractivity contribution in [3.05, 3.63) is 85.1 Å². The summed E-state index contributed by atoms with van der Waals surface area (Å²) < 4.78 is 0. The van der Waals surface area contributed by atoms with Crippen molar-refractivity contribution in [1.82, 2.24) is 5.32 Å². The minimum Gasteiger partial charge on any atom is -0.394 e. The zero-order valence-corrected chi connectivity index (χ0v) is 48.2. The van der Waals surface area contributed by atoms with E-state index in [9.17, 15) is 15.0 Å². The SMILES string of the molecule is CC/C=C\C/C=C\C/C=C\C/C=C\C/C=C\CCCCCCCCCCCCCCCCCCCCCCCC(=O)NC(CO)C(O)/C=C/CC/C=C/CCCCCCCCCCCCCCCCCCC. The summed E-state index contributed by atoms with van der Waals surface area (Å²) in [7, 11) is 0. The van der Waals surface area contributed by atoms with Crippen molar-refractivity contribution in [3.63, 3.8) is 0 Å². The van der Waals surface area contributed by atoms with Crippen molar-refractivity contribution in [1.29, 1.82) is 0 Å². The van der Waals surface area contributed by atoms with Crippen molar-refractivity contribution < 1.29 is 15.0 Å². The van der Waals surface area contributed by atoms with E-state index >= 15 is 0 Å². The molecule has 0 aromatic carbocycles. The summed E-state index contributed by atoms with van der Waals surface area (Å²) in [5.74, 6) is -0.0701. The molecule has 2 unspecified atom stereocenters. The Kier molecular flexibility index (Phi) is 60.7. The van der Waals surface area contributed by atoms with E-state index in [1.54, 1.807) is 6.08 Å². The standard InChI is InChI=1S/C68H123NO3/c1-3-5-7-9-11-13-15-17-19-21-23-25-27-28-29-30-31-32-33-34-35-36-37-38-39-40-42-44-46-48-50-52-54-56-58-60-62-64-68(72)69-66(65-70)67(71)63-61-59-57-55-53-51-49-47-45-43-41-26-24-22-20-18-16-14-12-10-8-6-4-2/h5,7,11,13,17,19,23,25,28-29,53,55,61,63,66-67,70-71H,3-4,6,8-10,12,14-16,18,20-22,24,26-27,30-52,54,56-60,62,64-65H2,1-2H3,(H,69,72)/b7-5-,13-11-,19-17-,25-23-,29-28-,55-53+,63-61+. The Labute approximate surface area is 450 Å². The number of allylic oxidation sites excluding steroid dienone is 13. The molecule has 0 heterocycles. The first-order chi connectivity index (χ1) is 35.7. The van der Waals surface area contributed by atoms with Gasteiger partial charge in [-0.05, 0) is 77.0 Å². The Balaban J connectivity index is 3.48. The highest BCUT2D eigenvalue weighted by molar-refractivity contribution is 5.76. The molecule has 0 spiro atoms. The van der Waals surface area contributed by atoms with Gasteiger partial charge in [0.2, 0.25) is 5.91 Å². The van der Waals surface area contributed by atoms with Crippen LogP contribution in [0, 0.1) is 0 Å². The van der Waals surface area contributed by atoms with Crippen LogP contribution in [-0.2, 0) is 4.79 Å². The number of unbranched alkanes of at least 4 members (excludes halogenated alkanes) is 39. The number of hydrogen-bond acceptors (Lipinski definition) is 3. The third kappa shape index (κ3) is 58.5. The van der Waals surface area contributed by atoms with Gasteiger partial charge in [-0.1, -0.05) is 324 Å². The van der Waals surface area contributed by atoms with Crippen LogP contribution in [-0.4, -0.2) is 34.9 Å². The molecule has 2 atom stereocenters. The molecule has 72 heavy (non-hydrogen) atoms. The van der Waals surface area contributed by atoms with Gasteiger partial charge in [0, 0.05) is 6.42 Å². The molecule has 0 saturated carbocycles. The smallest absolute Gasteiger partial charge is 0.220 e. The summed E-state index contributed by atoms with van der Waals surface area (Å²) >= 11 is 0. The van der Waals surface area contributed by atoms with Crippen LogP contribution in [0.2, 0.25) is 0 Å². The lowest BCUT2D eigenvalue weighted by Crippen LogP contribution is -2.45. The highest BCUT2D eigenvalue weighted by atomic mass is 16.3. The van der Waals surface area contributed by atoms with Gasteiger partial charge in [0.1, 0.15) is 0 Å². The number of amides is 1. The molecular formula is C68H123NO3. The lowest BCUT2D eigenvalue weighted by molar-refractivity contribution is -0.123. The molecule has 0 aliphatic carbocycles. The van der Waals surface area contributed by atoms with Gasteiger partial charge in [-0.15, -0.1) is 0 Å². The molecule has 3 N–H and O–H groups in total. The Bertz CT molecular complexity index is 1270. The van der Waals surface area contributed by atoms with Crippen LogP contribution in [0.1, 0.15) is 322 Å². The third-order valence-electron chi connectivity index (χ3n) is 14.4. The van der Waals surface area contributed by atoms with Gasteiger partial charge in [0.15, 0.2) is 0 Å². The third-order valence-corrected chi connectivity index (χ3v) is 14.4. The van der Waals surface area contributed by atoms with Crippen LogP contribution in [0.25, 0.3) is 0 Å². The minimum absolute atomic E-state index is 0.0701. The van der Waals surface area contributed by atoms with E-state index in [2.05, 4.69) is 92.1 Å². The first-order valence-corrected chi connectivity index (χ1v) is 31.8. The Morgan fingerprint density at radius 2 is 0.625 bits per heavy atom. The monoisotopic (exact) mass is 1000 g/mol. The zero-order valence-electron chi connectivity index (χ0n) is 48.2. The van der Waals surface area contributed by atoms with E-state index in [0.29, 0.717) is 6.42 Å². The highest BCUT2D eigenvalue weighted by Gasteiger charge is 2.18. The van der Waals surface area contributed by atoms with Crippen LogP contribution in [0.4, 0.5) is 0 Å². The van der Waals surface area contributed by atoms with Crippen molar-refractivity contribution >= 4 is 5.91 Å². The van der Waals surface area contributed by atoms with Crippen molar-refractivity contribution in [2.75, 3.05) is 6.61 Å². The second-order valence-corrected chi connectivity index (χ2v) is 21.4. The van der Waals surface area contributed by atoms with Gasteiger partial charge in [0.05, 0.1) is 18.8 Å². The second kappa shape index (κ2) is 62.9. The molecule has 0 rings (SSSR count). The average molecular weight is 1000 g/mol. The fourth-order valence-corrected chi connectivity index (χ4v) is 9.58. The Hall–Kier alpha value is -2.43. The number of hydrogen-bond donors (Lipinski definition) is 3. The van der Waals surface area contributed by atoms with E-state index in [4.69, 9.17) is 0 Å². The molecule has 0 aromatic heterocycles. The molecule has 418 valence electrons. The number of aliphatic hydroxyl groups excluding tert-OH is 2. The molecule has 0 aliphatic heterocycles. The van der Waals surface area contributed by atoms with Crippen LogP contribution < -0.4 is 5.32 Å². The number of carbonyl (C=O) groups excluding carboxylic acids is 1. The Morgan fingerprint density at radius 1 is 0.347 bits per heavy atom. The van der Waals surface area contributed by atoms with Crippen LogP contribution >= 0.6 is 0 Å². The van der Waals surface area contributed by atoms with Crippen molar-refractivity contribution in [3.8, 4) is 0 Å². The Morgan fingerprint density at radius 3 is 0.972 bits per heavy atom. The van der Waals surface area contributed by atoms with E-state index in [1.165, 1.54) is 238 Å². The fourth-order valence-electron chi connectivity index (χ4n) is 9.58. The molecular weight excluding hydrogens is 879 g/mol. The first-order valence-electron chi connectivity index (χ1n) is 31.8. The summed E-state index contributed by atoms with van der Waals surface area (Å²) in [5.41, 5.74) is 0. The molecule has 1 amide bonds. The van der Waals surface area contributed by atoms with Gasteiger partial charge in [-0.2, -0.15) is 0 Å². The van der Waals surface area contributed by atoms with E-state index in [-0.39, 0.29) is 12.5 Å². The van der Waals surface area contributed by atoms with Crippen molar-refractivity contribution in [2.24, 2.45) is 0 Å². The molecule has 0 fully saturated rings. The molecule has 4 nitrogen and oxygen atoms in total. The summed E-state index contributed by atoms with van der Waals surface area (Å²) in [6.07, 6.45) is 92.1. The summed E-state index contributed by atoms with van der Waals surface area (Å²) in [4.78, 5) is 12.5. The van der Waals surface area contributed by atoms with E-state index in [1.807, 2.05) is 6.08 Å². The topological polar surface area (TPSA) is 69.6 Å². The zero-order chi connectivity index (χ0) is 52.0. The van der Waals surface area contributed by atoms with Crippen LogP contribution in [0.15, 0.2) is 85.1 Å². The maximum absolute atomic E-state index is 12.5. The molecule has 0 radical (unpaired) electrons. The van der Waals surface area contributed by atoms with E-state index in [0.717, 1.165) is 64.2 Å². The summed E-state index contributed by atoms with van der Waals surface area (Å²) in [5, 5.41) is 23.2. The summed E-state index contributed by atoms with van der Waals surface area (Å²) in [6.45, 7) is 4.21. The second-order valence-electron chi connectivity index (χ2n) is 21.4. The maximum Gasteiger partial charge on any atom is 0.220 e. The number of rotatable bonds is 58. The lowest BCUT2D eigenvalue weighted by Gasteiger charge is -2.19. The minimum atomic E-state index is -0.865. The quantitative estimate of drug-likeness (QED) is 0.0420. The first kappa shape index (κ1) is 69.6. The predicted molar refractivity (Wildman–Crippen MR) is 322 cm³/mol. The number of carbonyl (C=O) groups is 1. The molecule has 4 heteroatoms. The van der Waals surface area contributed by atoms with Crippen LogP contribution in [0.5, 0.6) is 0 Å². The van der Waals surface area contributed by atoms with Crippen LogP contribution in [0.3, 0.4) is 0 Å². The van der Waals surface area contributed by atoms with Gasteiger partial charge >= 0.3 is 0 Å². The van der Waals surface area contributed by atoms with Crippen molar-refractivity contribution in [2.45, 2.75) is 334 Å². The van der Waals surface area contributed by atoms with Gasteiger partial charge < -0.3 is 15.5 Å². The van der Waals surface area contributed by atoms with E-state index < -0.39 is 12.1 Å². The summed E-state index contributed by atoms with van der Waals surface area (Å²) in [6, 6.07) is -0.642. The highest BCUT2D eigenvalue weighted by Crippen LogP contribution is 2.17.